The van der Waals surface area contributed by atoms with Gasteiger partial charge in [0.05, 0.1) is 6.42 Å². The fourth-order valence-corrected chi connectivity index (χ4v) is 3.06. The van der Waals surface area contributed by atoms with Crippen molar-refractivity contribution in [2.24, 2.45) is 0 Å². The number of rotatable bonds is 8. The highest BCUT2D eigenvalue weighted by molar-refractivity contribution is 8.76. The van der Waals surface area contributed by atoms with Crippen LogP contribution in [0.25, 0.3) is 0 Å². The number of nitrogens with zero attached hydrogens (tertiary/aromatic N) is 2. The van der Waals surface area contributed by atoms with Crippen molar-refractivity contribution in [3.8, 4) is 0 Å². The van der Waals surface area contributed by atoms with Gasteiger partial charge in [0, 0.05) is 31.8 Å². The second-order valence-corrected chi connectivity index (χ2v) is 6.32. The zero-order chi connectivity index (χ0) is 15.5. The van der Waals surface area contributed by atoms with Gasteiger partial charge in [-0.05, 0) is 22.9 Å². The van der Waals surface area contributed by atoms with E-state index < -0.39 is 11.9 Å². The van der Waals surface area contributed by atoms with Gasteiger partial charge in [-0.2, -0.15) is 5.06 Å². The lowest BCUT2D eigenvalue weighted by atomic mass is 10.3. The highest BCUT2D eigenvalue weighted by atomic mass is 33.1. The van der Waals surface area contributed by atoms with E-state index in [2.05, 4.69) is 4.98 Å². The third-order valence-electron chi connectivity index (χ3n) is 2.24. The van der Waals surface area contributed by atoms with E-state index in [1.165, 1.54) is 28.6 Å². The van der Waals surface area contributed by atoms with Crippen molar-refractivity contribution in [3.63, 3.8) is 0 Å². The average Bonchev–Trinajstić information content (AvgIpc) is 2.50. The molecule has 0 aliphatic carbocycles. The average molecular weight is 328 g/mol. The normalized spacial score (nSPS) is 9.95. The molecule has 1 rings (SSSR count). The lowest BCUT2D eigenvalue weighted by molar-refractivity contribution is -0.192. The van der Waals surface area contributed by atoms with Gasteiger partial charge in [-0.1, -0.05) is 16.9 Å². The number of carbonyl (C=O) groups excluding carboxylic acids is 3. The Morgan fingerprint density at radius 2 is 2.19 bits per heavy atom. The smallest absolute Gasteiger partial charge is 0.333 e. The third-order valence-corrected chi connectivity index (χ3v) is 4.50. The van der Waals surface area contributed by atoms with Gasteiger partial charge in [0.1, 0.15) is 11.3 Å². The zero-order valence-electron chi connectivity index (χ0n) is 11.6. The molecule has 8 heteroatoms. The standard InChI is InChI=1S/C13H16N2O4S2/c1-15(12(17)6-4-9-16)19-13(18)7-10-20-21-11-5-2-3-8-14-11/h2-3,5,8-9H,4,6-7,10H2,1H3. The fraction of sp³-hybridized carbons (Fsp3) is 0.385. The van der Waals surface area contributed by atoms with Crippen LogP contribution in [0.1, 0.15) is 19.3 Å². The molecule has 114 valence electrons. The van der Waals surface area contributed by atoms with Crippen LogP contribution in [0.15, 0.2) is 29.4 Å². The molecule has 1 amide bonds. The lowest BCUT2D eigenvalue weighted by Crippen LogP contribution is -2.29. The van der Waals surface area contributed by atoms with Crippen LogP contribution in [-0.4, -0.2) is 41.0 Å². The zero-order valence-corrected chi connectivity index (χ0v) is 13.2. The largest absolute Gasteiger partial charge is 0.338 e. The van der Waals surface area contributed by atoms with Crippen LogP contribution in [0, 0.1) is 0 Å². The molecule has 1 aromatic heterocycles. The minimum Gasteiger partial charge on any atom is -0.338 e. The first-order chi connectivity index (χ1) is 10.1. The summed E-state index contributed by atoms with van der Waals surface area (Å²) in [6, 6.07) is 5.61. The Morgan fingerprint density at radius 3 is 2.86 bits per heavy atom. The minimum absolute atomic E-state index is 0.0392. The topological polar surface area (TPSA) is 76.6 Å². The van der Waals surface area contributed by atoms with E-state index in [1.807, 2.05) is 18.2 Å². The highest BCUT2D eigenvalue weighted by Gasteiger charge is 2.13. The lowest BCUT2D eigenvalue weighted by Gasteiger charge is -2.15. The van der Waals surface area contributed by atoms with Crippen LogP contribution in [-0.2, 0) is 19.2 Å². The summed E-state index contributed by atoms with van der Waals surface area (Å²) in [7, 11) is 4.33. The Kier molecular flexibility index (Phi) is 8.53. The molecule has 0 saturated carbocycles. The van der Waals surface area contributed by atoms with Crippen LogP contribution in [0.4, 0.5) is 0 Å². The molecule has 0 radical (unpaired) electrons. The Labute approximate surface area is 131 Å². The molecular formula is C13H16N2O4S2. The van der Waals surface area contributed by atoms with Crippen LogP contribution in [0.3, 0.4) is 0 Å². The maximum Gasteiger partial charge on any atom is 0.333 e. The predicted molar refractivity (Wildman–Crippen MR) is 81.3 cm³/mol. The highest BCUT2D eigenvalue weighted by Crippen LogP contribution is 2.29. The summed E-state index contributed by atoms with van der Waals surface area (Å²) in [4.78, 5) is 42.1. The summed E-state index contributed by atoms with van der Waals surface area (Å²) in [6.07, 6.45) is 2.71. The third kappa shape index (κ3) is 7.72. The van der Waals surface area contributed by atoms with E-state index in [9.17, 15) is 14.4 Å². The number of amides is 1. The van der Waals surface area contributed by atoms with E-state index in [-0.39, 0.29) is 19.3 Å². The quantitative estimate of drug-likeness (QED) is 0.313. The molecule has 0 fully saturated rings. The molecule has 0 aromatic carbocycles. The maximum absolute atomic E-state index is 11.5. The number of aromatic nitrogens is 1. The van der Waals surface area contributed by atoms with Crippen LogP contribution in [0.5, 0.6) is 0 Å². The summed E-state index contributed by atoms with van der Waals surface area (Å²) in [5.41, 5.74) is 0. The molecule has 0 unspecified atom stereocenters. The molecular weight excluding hydrogens is 312 g/mol. The molecule has 0 aliphatic rings. The molecule has 1 aromatic rings. The first-order valence-corrected chi connectivity index (χ1v) is 8.57. The Morgan fingerprint density at radius 1 is 1.38 bits per heavy atom. The number of hydrogen-bond acceptors (Lipinski definition) is 7. The van der Waals surface area contributed by atoms with E-state index in [0.29, 0.717) is 12.0 Å². The summed E-state index contributed by atoms with van der Waals surface area (Å²) >= 11 is 0. The number of aldehydes is 1. The van der Waals surface area contributed by atoms with Crippen molar-refractivity contribution >= 4 is 39.8 Å². The molecule has 0 aliphatic heterocycles. The molecule has 6 nitrogen and oxygen atoms in total. The van der Waals surface area contributed by atoms with Crippen LogP contribution < -0.4 is 0 Å². The van der Waals surface area contributed by atoms with Crippen molar-refractivity contribution in [2.75, 3.05) is 12.8 Å². The van der Waals surface area contributed by atoms with Crippen molar-refractivity contribution in [3.05, 3.63) is 24.4 Å². The van der Waals surface area contributed by atoms with E-state index in [0.717, 1.165) is 10.1 Å². The molecule has 0 saturated heterocycles. The summed E-state index contributed by atoms with van der Waals surface area (Å²) in [6.45, 7) is 0. The Hall–Kier alpha value is -1.54. The molecule has 21 heavy (non-hydrogen) atoms. The molecule has 0 bridgehead atoms. The number of carbonyl (C=O) groups is 3. The summed E-state index contributed by atoms with van der Waals surface area (Å²) in [5, 5.41) is 1.75. The minimum atomic E-state index is -0.480. The van der Waals surface area contributed by atoms with Gasteiger partial charge in [0.2, 0.25) is 0 Å². The van der Waals surface area contributed by atoms with Crippen LogP contribution in [0.2, 0.25) is 0 Å². The van der Waals surface area contributed by atoms with E-state index in [1.54, 1.807) is 6.20 Å². The van der Waals surface area contributed by atoms with Gasteiger partial charge >= 0.3 is 5.97 Å². The van der Waals surface area contributed by atoms with Gasteiger partial charge in [-0.25, -0.2) is 9.78 Å². The molecule has 0 spiro atoms. The molecule has 1 heterocycles. The Balaban J connectivity index is 2.16. The van der Waals surface area contributed by atoms with Crippen molar-refractivity contribution < 1.29 is 19.2 Å². The second-order valence-electron chi connectivity index (χ2n) is 3.88. The number of hydrogen-bond donors (Lipinski definition) is 0. The van der Waals surface area contributed by atoms with Crippen molar-refractivity contribution in [2.45, 2.75) is 24.3 Å². The van der Waals surface area contributed by atoms with Gasteiger partial charge < -0.3 is 9.63 Å². The number of pyridine rings is 1. The van der Waals surface area contributed by atoms with Crippen molar-refractivity contribution in [1.29, 1.82) is 0 Å². The monoisotopic (exact) mass is 328 g/mol. The summed E-state index contributed by atoms with van der Waals surface area (Å²) < 4.78 is 0. The SMILES string of the molecule is CN(OC(=O)CCSSc1ccccn1)C(=O)CCC=O. The predicted octanol–water partition coefficient (Wildman–Crippen LogP) is 2.11. The first kappa shape index (κ1) is 17.5. The Bertz CT molecular complexity index is 470. The molecule has 0 atom stereocenters. The second kappa shape index (κ2) is 10.2. The van der Waals surface area contributed by atoms with E-state index in [4.69, 9.17) is 4.84 Å². The van der Waals surface area contributed by atoms with Crippen LogP contribution >= 0.6 is 21.6 Å². The number of hydroxylamine groups is 2. The van der Waals surface area contributed by atoms with E-state index >= 15 is 0 Å². The fourth-order valence-electron chi connectivity index (χ4n) is 1.21. The summed E-state index contributed by atoms with van der Waals surface area (Å²) in [5.74, 6) is -0.326. The van der Waals surface area contributed by atoms with Gasteiger partial charge in [-0.3, -0.25) is 4.79 Å². The maximum atomic E-state index is 11.5. The van der Waals surface area contributed by atoms with Gasteiger partial charge in [0.25, 0.3) is 5.91 Å². The van der Waals surface area contributed by atoms with Gasteiger partial charge in [0.15, 0.2) is 0 Å². The van der Waals surface area contributed by atoms with Gasteiger partial charge in [-0.15, -0.1) is 0 Å². The van der Waals surface area contributed by atoms with Crippen molar-refractivity contribution in [1.82, 2.24) is 10.0 Å². The molecule has 0 N–H and O–H groups in total. The first-order valence-electron chi connectivity index (χ1n) is 6.25.